The number of carbonyl (C=O) groups excluding carboxylic acids is 1. The molecule has 1 fully saturated rings. The standard InChI is InChI=1S/C10H19NO3/c1-9(2,3)10(8(12)13-4)7-14-6-5-11-10/h11H,5-7H2,1-4H3. The lowest BCUT2D eigenvalue weighted by Crippen LogP contribution is -2.67. The number of hydrogen-bond donors (Lipinski definition) is 1. The molecule has 1 rings (SSSR count). The van der Waals surface area contributed by atoms with Crippen molar-refractivity contribution >= 4 is 5.97 Å². The first-order chi connectivity index (χ1) is 6.44. The Morgan fingerprint density at radius 2 is 2.14 bits per heavy atom. The lowest BCUT2D eigenvalue weighted by Gasteiger charge is -2.44. The molecule has 1 N–H and O–H groups in total. The molecule has 0 saturated carbocycles. The second-order valence-electron chi connectivity index (χ2n) is 4.63. The Bertz CT molecular complexity index is 214. The summed E-state index contributed by atoms with van der Waals surface area (Å²) in [6.45, 7) is 7.73. The van der Waals surface area contributed by atoms with Crippen molar-refractivity contribution in [3.05, 3.63) is 0 Å². The predicted molar refractivity (Wildman–Crippen MR) is 53.0 cm³/mol. The van der Waals surface area contributed by atoms with Crippen LogP contribution in [-0.4, -0.2) is 38.4 Å². The molecule has 1 aliphatic rings. The van der Waals surface area contributed by atoms with Crippen molar-refractivity contribution in [2.45, 2.75) is 26.3 Å². The summed E-state index contributed by atoms with van der Waals surface area (Å²) in [5.41, 5.74) is -0.930. The first-order valence-electron chi connectivity index (χ1n) is 4.85. The largest absolute Gasteiger partial charge is 0.468 e. The monoisotopic (exact) mass is 201 g/mol. The maximum Gasteiger partial charge on any atom is 0.329 e. The zero-order valence-corrected chi connectivity index (χ0v) is 9.35. The number of methoxy groups -OCH3 is 1. The van der Waals surface area contributed by atoms with Gasteiger partial charge in [0.1, 0.15) is 5.54 Å². The van der Waals surface area contributed by atoms with Crippen LogP contribution in [0.1, 0.15) is 20.8 Å². The van der Waals surface area contributed by atoms with Crippen molar-refractivity contribution in [1.82, 2.24) is 5.32 Å². The van der Waals surface area contributed by atoms with Crippen LogP contribution in [0.3, 0.4) is 0 Å². The minimum Gasteiger partial charge on any atom is -0.468 e. The van der Waals surface area contributed by atoms with Crippen molar-refractivity contribution in [2.24, 2.45) is 5.41 Å². The SMILES string of the molecule is COC(=O)C1(C(C)(C)C)COCCN1. The van der Waals surface area contributed by atoms with Crippen LogP contribution in [0.5, 0.6) is 0 Å². The van der Waals surface area contributed by atoms with Gasteiger partial charge in [-0.1, -0.05) is 20.8 Å². The summed E-state index contributed by atoms with van der Waals surface area (Å²) in [5, 5.41) is 3.22. The van der Waals surface area contributed by atoms with Gasteiger partial charge in [0.2, 0.25) is 0 Å². The van der Waals surface area contributed by atoms with Gasteiger partial charge in [-0.05, 0) is 5.41 Å². The van der Waals surface area contributed by atoms with E-state index in [1.807, 2.05) is 20.8 Å². The maximum atomic E-state index is 11.8. The smallest absolute Gasteiger partial charge is 0.329 e. The molecule has 0 amide bonds. The molecule has 4 nitrogen and oxygen atoms in total. The van der Waals surface area contributed by atoms with Crippen LogP contribution in [-0.2, 0) is 14.3 Å². The Hall–Kier alpha value is -0.610. The fraction of sp³-hybridized carbons (Fsp3) is 0.900. The molecule has 1 saturated heterocycles. The van der Waals surface area contributed by atoms with E-state index in [0.717, 1.165) is 0 Å². The van der Waals surface area contributed by atoms with E-state index in [4.69, 9.17) is 9.47 Å². The van der Waals surface area contributed by atoms with E-state index in [0.29, 0.717) is 19.8 Å². The lowest BCUT2D eigenvalue weighted by atomic mass is 9.73. The van der Waals surface area contributed by atoms with Gasteiger partial charge in [0, 0.05) is 6.54 Å². The Kier molecular flexibility index (Phi) is 3.17. The molecule has 1 aliphatic heterocycles. The zero-order chi connectivity index (χ0) is 10.8. The molecular formula is C10H19NO3. The third kappa shape index (κ3) is 1.77. The van der Waals surface area contributed by atoms with Gasteiger partial charge in [0.05, 0.1) is 20.3 Å². The summed E-state index contributed by atoms with van der Waals surface area (Å²) >= 11 is 0. The second kappa shape index (κ2) is 3.87. The van der Waals surface area contributed by atoms with E-state index in [2.05, 4.69) is 5.32 Å². The highest BCUT2D eigenvalue weighted by Crippen LogP contribution is 2.33. The van der Waals surface area contributed by atoms with Gasteiger partial charge in [-0.2, -0.15) is 0 Å². The van der Waals surface area contributed by atoms with Crippen molar-refractivity contribution in [2.75, 3.05) is 26.9 Å². The number of hydrogen-bond acceptors (Lipinski definition) is 4. The molecule has 0 aromatic carbocycles. The second-order valence-corrected chi connectivity index (χ2v) is 4.63. The van der Waals surface area contributed by atoms with E-state index < -0.39 is 5.54 Å². The van der Waals surface area contributed by atoms with Crippen LogP contribution in [0.2, 0.25) is 0 Å². The summed E-state index contributed by atoms with van der Waals surface area (Å²) in [4.78, 5) is 11.8. The normalized spacial score (nSPS) is 28.6. The summed E-state index contributed by atoms with van der Waals surface area (Å²) in [7, 11) is 1.41. The molecule has 0 bridgehead atoms. The van der Waals surface area contributed by atoms with Gasteiger partial charge >= 0.3 is 5.97 Å². The van der Waals surface area contributed by atoms with Crippen molar-refractivity contribution in [1.29, 1.82) is 0 Å². The predicted octanol–water partition coefficient (Wildman–Crippen LogP) is 0.564. The third-order valence-corrected chi connectivity index (χ3v) is 2.81. The highest BCUT2D eigenvalue weighted by atomic mass is 16.5. The highest BCUT2D eigenvalue weighted by Gasteiger charge is 2.50. The van der Waals surface area contributed by atoms with Crippen LogP contribution >= 0.6 is 0 Å². The number of carbonyl (C=O) groups is 1. The first kappa shape index (κ1) is 11.5. The number of morpholine rings is 1. The molecule has 1 unspecified atom stereocenters. The quantitative estimate of drug-likeness (QED) is 0.630. The molecule has 0 aliphatic carbocycles. The molecule has 4 heteroatoms. The number of rotatable bonds is 1. The Labute approximate surface area is 85.0 Å². The van der Waals surface area contributed by atoms with Gasteiger partial charge in [-0.15, -0.1) is 0 Å². The summed E-state index contributed by atoms with van der Waals surface area (Å²) < 4.78 is 10.2. The average molecular weight is 201 g/mol. The number of nitrogens with one attached hydrogen (secondary N) is 1. The van der Waals surface area contributed by atoms with Crippen LogP contribution < -0.4 is 5.32 Å². The van der Waals surface area contributed by atoms with Gasteiger partial charge in [0.25, 0.3) is 0 Å². The fourth-order valence-electron chi connectivity index (χ4n) is 1.71. The molecule has 0 aromatic heterocycles. The van der Waals surface area contributed by atoms with E-state index in [1.54, 1.807) is 0 Å². The van der Waals surface area contributed by atoms with Crippen molar-refractivity contribution in [3.8, 4) is 0 Å². The van der Waals surface area contributed by atoms with Crippen molar-refractivity contribution < 1.29 is 14.3 Å². The topological polar surface area (TPSA) is 47.6 Å². The lowest BCUT2D eigenvalue weighted by molar-refractivity contribution is -0.161. The number of ether oxygens (including phenoxy) is 2. The molecule has 0 aromatic rings. The zero-order valence-electron chi connectivity index (χ0n) is 9.35. The maximum absolute atomic E-state index is 11.8. The molecule has 0 spiro atoms. The molecular weight excluding hydrogens is 182 g/mol. The van der Waals surface area contributed by atoms with Crippen LogP contribution in [0, 0.1) is 5.41 Å². The molecule has 14 heavy (non-hydrogen) atoms. The molecule has 1 heterocycles. The summed E-state index contributed by atoms with van der Waals surface area (Å²) in [6, 6.07) is 0. The van der Waals surface area contributed by atoms with Crippen LogP contribution in [0.15, 0.2) is 0 Å². The molecule has 1 atom stereocenters. The first-order valence-corrected chi connectivity index (χ1v) is 4.85. The highest BCUT2D eigenvalue weighted by molar-refractivity contribution is 5.82. The Morgan fingerprint density at radius 3 is 2.50 bits per heavy atom. The average Bonchev–Trinajstić information content (AvgIpc) is 2.16. The minimum absolute atomic E-state index is 0.222. The van der Waals surface area contributed by atoms with Crippen molar-refractivity contribution in [3.63, 3.8) is 0 Å². The molecule has 82 valence electrons. The van der Waals surface area contributed by atoms with E-state index in [9.17, 15) is 4.79 Å². The van der Waals surface area contributed by atoms with Gasteiger partial charge < -0.3 is 9.47 Å². The van der Waals surface area contributed by atoms with Gasteiger partial charge in [-0.3, -0.25) is 5.32 Å². The Morgan fingerprint density at radius 1 is 1.50 bits per heavy atom. The van der Waals surface area contributed by atoms with Gasteiger partial charge in [-0.25, -0.2) is 4.79 Å². The molecule has 0 radical (unpaired) electrons. The van der Waals surface area contributed by atoms with E-state index in [1.165, 1.54) is 7.11 Å². The fourth-order valence-corrected chi connectivity index (χ4v) is 1.71. The summed E-state index contributed by atoms with van der Waals surface area (Å²) in [6.07, 6.45) is 0. The van der Waals surface area contributed by atoms with Crippen LogP contribution in [0.4, 0.5) is 0 Å². The Balaban J connectivity index is 2.94. The van der Waals surface area contributed by atoms with E-state index in [-0.39, 0.29) is 11.4 Å². The van der Waals surface area contributed by atoms with E-state index >= 15 is 0 Å². The van der Waals surface area contributed by atoms with Crippen LogP contribution in [0.25, 0.3) is 0 Å². The minimum atomic E-state index is -0.708. The number of esters is 1. The third-order valence-electron chi connectivity index (χ3n) is 2.81. The summed E-state index contributed by atoms with van der Waals surface area (Å²) in [5.74, 6) is -0.246. The van der Waals surface area contributed by atoms with Gasteiger partial charge in [0.15, 0.2) is 0 Å².